The van der Waals surface area contributed by atoms with Crippen LogP contribution in [-0.4, -0.2) is 82.8 Å². The van der Waals surface area contributed by atoms with E-state index in [1.807, 2.05) is 12.1 Å². The second-order valence-electron chi connectivity index (χ2n) is 9.08. The first-order valence-electron chi connectivity index (χ1n) is 11.7. The molecule has 2 aromatic rings. The number of ether oxygens (including phenoxy) is 2. The van der Waals surface area contributed by atoms with Crippen LogP contribution in [0.15, 0.2) is 36.4 Å². The molecule has 0 saturated carbocycles. The van der Waals surface area contributed by atoms with Gasteiger partial charge >= 0.3 is 0 Å². The number of carbonyl (C=O) groups is 1. The van der Waals surface area contributed by atoms with Crippen LogP contribution in [0.4, 0.5) is 0 Å². The van der Waals surface area contributed by atoms with Crippen LogP contribution in [0, 0.1) is 0 Å². The molecule has 1 unspecified atom stereocenters. The maximum absolute atomic E-state index is 12.4. The van der Waals surface area contributed by atoms with Crippen LogP contribution in [0.25, 0.3) is 0 Å². The summed E-state index contributed by atoms with van der Waals surface area (Å²) < 4.78 is 11.9. The summed E-state index contributed by atoms with van der Waals surface area (Å²) in [4.78, 5) is 14.6. The Hall–Kier alpha value is -2.40. The number of fused-ring (bicyclic) bond motifs is 2. The number of nitrogens with zero attached hydrogens (tertiary/aromatic N) is 1. The molecule has 35 heavy (non-hydrogen) atoms. The van der Waals surface area contributed by atoms with E-state index < -0.39 is 24.7 Å². The van der Waals surface area contributed by atoms with Gasteiger partial charge in [-0.15, -0.1) is 0 Å². The van der Waals surface area contributed by atoms with Gasteiger partial charge in [0.15, 0.2) is 0 Å². The summed E-state index contributed by atoms with van der Waals surface area (Å²) in [6.07, 6.45) is -0.265. The van der Waals surface area contributed by atoms with Crippen molar-refractivity contribution < 1.29 is 34.7 Å². The number of piperidine rings is 1. The number of hydrogen-bond donors (Lipinski definition) is 5. The van der Waals surface area contributed by atoms with Crippen molar-refractivity contribution in [1.82, 2.24) is 10.2 Å². The Balaban J connectivity index is 1.29. The quantitative estimate of drug-likeness (QED) is 0.345. The number of likely N-dealkylation sites (tertiary alicyclic amines) is 1. The number of aromatic hydroxyl groups is 1. The highest BCUT2D eigenvalue weighted by Gasteiger charge is 2.42. The Morgan fingerprint density at radius 2 is 1.94 bits per heavy atom. The summed E-state index contributed by atoms with van der Waals surface area (Å²) >= 11 is 6.12. The molecule has 5 N–H and O–H groups in total. The standard InChI is InChI=1S/C25H31ClN2O7/c26-17-1-4-22-16(9-17)14-35-25(22)5-7-28(8-6-25)12-20(32)15-34-23-10-18(30)2-3-21(23)24(33)27-11-19(31)13-29/h1-4,9-10,19-20,29-32H,5-8,11-15H2,(H,27,33)/t19?,20-/m0/s1. The number of phenols is 1. The highest BCUT2D eigenvalue weighted by atomic mass is 35.5. The average molecular weight is 507 g/mol. The highest BCUT2D eigenvalue weighted by molar-refractivity contribution is 6.30. The lowest BCUT2D eigenvalue weighted by molar-refractivity contribution is -0.0835. The van der Waals surface area contributed by atoms with Crippen LogP contribution >= 0.6 is 11.6 Å². The Kier molecular flexibility index (Phi) is 8.16. The molecule has 0 aromatic heterocycles. The number of benzene rings is 2. The SMILES string of the molecule is O=C(NCC(O)CO)c1ccc(O)cc1OC[C@@H](O)CN1CCC2(CC1)OCc1cc(Cl)ccc12. The number of amides is 1. The molecule has 1 fully saturated rings. The van der Waals surface area contributed by atoms with Crippen molar-refractivity contribution in [3.63, 3.8) is 0 Å². The lowest BCUT2D eigenvalue weighted by Crippen LogP contribution is -2.46. The van der Waals surface area contributed by atoms with Gasteiger partial charge in [-0.1, -0.05) is 17.7 Å². The summed E-state index contributed by atoms with van der Waals surface area (Å²) in [5.74, 6) is -0.491. The van der Waals surface area contributed by atoms with E-state index >= 15 is 0 Å². The third-order valence-corrected chi connectivity index (χ3v) is 6.78. The number of phenolic OH excluding ortho intramolecular Hbond substituents is 1. The van der Waals surface area contributed by atoms with E-state index in [0.29, 0.717) is 18.2 Å². The molecular formula is C25H31ClN2O7. The van der Waals surface area contributed by atoms with E-state index in [9.17, 15) is 20.1 Å². The van der Waals surface area contributed by atoms with Crippen molar-refractivity contribution in [3.05, 3.63) is 58.1 Å². The first kappa shape index (κ1) is 25.7. The first-order chi connectivity index (χ1) is 16.8. The zero-order chi connectivity index (χ0) is 25.0. The van der Waals surface area contributed by atoms with Crippen molar-refractivity contribution in [3.8, 4) is 11.5 Å². The smallest absolute Gasteiger partial charge is 0.255 e. The predicted molar refractivity (Wildman–Crippen MR) is 129 cm³/mol. The molecule has 10 heteroatoms. The number of carbonyl (C=O) groups excluding carboxylic acids is 1. The molecular weight excluding hydrogens is 476 g/mol. The Labute approximate surface area is 208 Å². The minimum Gasteiger partial charge on any atom is -0.508 e. The van der Waals surface area contributed by atoms with Crippen LogP contribution in [-0.2, 0) is 16.9 Å². The third-order valence-electron chi connectivity index (χ3n) is 6.54. The highest BCUT2D eigenvalue weighted by Crippen LogP contribution is 2.44. The number of halogens is 1. The Morgan fingerprint density at radius 3 is 2.69 bits per heavy atom. The van der Waals surface area contributed by atoms with E-state index in [1.54, 1.807) is 0 Å². The molecule has 9 nitrogen and oxygen atoms in total. The van der Waals surface area contributed by atoms with Gasteiger partial charge in [0.25, 0.3) is 5.91 Å². The second kappa shape index (κ2) is 11.1. The number of rotatable bonds is 9. The molecule has 2 atom stereocenters. The molecule has 0 bridgehead atoms. The van der Waals surface area contributed by atoms with Gasteiger partial charge in [-0.05, 0) is 48.2 Å². The van der Waals surface area contributed by atoms with Gasteiger partial charge in [0.05, 0.1) is 30.5 Å². The minimum absolute atomic E-state index is 0.0670. The number of aliphatic hydroxyl groups excluding tert-OH is 3. The van der Waals surface area contributed by atoms with Gasteiger partial charge in [0.1, 0.15) is 24.2 Å². The van der Waals surface area contributed by atoms with Gasteiger partial charge < -0.3 is 40.1 Å². The lowest BCUT2D eigenvalue weighted by Gasteiger charge is -2.39. The molecule has 0 aliphatic carbocycles. The summed E-state index contributed by atoms with van der Waals surface area (Å²) in [5, 5.41) is 41.9. The normalized spacial score (nSPS) is 18.7. The molecule has 190 valence electrons. The van der Waals surface area contributed by atoms with Crippen molar-refractivity contribution >= 4 is 17.5 Å². The fourth-order valence-electron chi connectivity index (χ4n) is 4.66. The molecule has 1 saturated heterocycles. The maximum atomic E-state index is 12.4. The third kappa shape index (κ3) is 6.06. The Morgan fingerprint density at radius 1 is 1.17 bits per heavy atom. The van der Waals surface area contributed by atoms with Crippen LogP contribution < -0.4 is 10.1 Å². The molecule has 1 spiro atoms. The van der Waals surface area contributed by atoms with Crippen molar-refractivity contribution in [1.29, 1.82) is 0 Å². The first-order valence-corrected chi connectivity index (χ1v) is 12.0. The molecule has 1 amide bonds. The molecule has 2 aliphatic heterocycles. The summed E-state index contributed by atoms with van der Waals surface area (Å²) in [7, 11) is 0. The van der Waals surface area contributed by atoms with E-state index in [4.69, 9.17) is 26.2 Å². The van der Waals surface area contributed by atoms with Crippen molar-refractivity contribution in [2.45, 2.75) is 37.3 Å². The summed E-state index contributed by atoms with van der Waals surface area (Å²) in [5.41, 5.74) is 2.19. The molecule has 2 heterocycles. The van der Waals surface area contributed by atoms with Crippen LogP contribution in [0.3, 0.4) is 0 Å². The lowest BCUT2D eigenvalue weighted by atomic mass is 9.84. The zero-order valence-electron chi connectivity index (χ0n) is 19.3. The molecule has 2 aromatic carbocycles. The van der Waals surface area contributed by atoms with E-state index in [1.165, 1.54) is 23.8 Å². The fourth-order valence-corrected chi connectivity index (χ4v) is 4.85. The minimum atomic E-state index is -1.08. The number of aliphatic hydroxyl groups is 3. The van der Waals surface area contributed by atoms with Crippen LogP contribution in [0.1, 0.15) is 34.3 Å². The topological polar surface area (TPSA) is 132 Å². The van der Waals surface area contributed by atoms with Gasteiger partial charge in [-0.25, -0.2) is 0 Å². The van der Waals surface area contributed by atoms with Gasteiger partial charge in [-0.2, -0.15) is 0 Å². The number of hydrogen-bond acceptors (Lipinski definition) is 8. The largest absolute Gasteiger partial charge is 0.508 e. The molecule has 4 rings (SSSR count). The molecule has 2 aliphatic rings. The summed E-state index contributed by atoms with van der Waals surface area (Å²) in [6.45, 7) is 1.80. The van der Waals surface area contributed by atoms with Crippen molar-refractivity contribution in [2.75, 3.05) is 39.4 Å². The van der Waals surface area contributed by atoms with Crippen LogP contribution in [0.5, 0.6) is 11.5 Å². The average Bonchev–Trinajstić information content (AvgIpc) is 3.19. The van der Waals surface area contributed by atoms with E-state index in [2.05, 4.69) is 16.3 Å². The Bertz CT molecular complexity index is 1040. The molecule has 0 radical (unpaired) electrons. The van der Waals surface area contributed by atoms with Crippen molar-refractivity contribution in [2.24, 2.45) is 0 Å². The van der Waals surface area contributed by atoms with Gasteiger partial charge in [0, 0.05) is 37.3 Å². The maximum Gasteiger partial charge on any atom is 0.255 e. The number of β-amino-alcohol motifs (C(OH)–C–C–N with tert-alkyl or cyclic N) is 1. The monoisotopic (exact) mass is 506 g/mol. The van der Waals surface area contributed by atoms with Crippen LogP contribution in [0.2, 0.25) is 5.02 Å². The number of nitrogens with one attached hydrogen (secondary N) is 1. The van der Waals surface area contributed by atoms with Gasteiger partial charge in [-0.3, -0.25) is 4.79 Å². The second-order valence-corrected chi connectivity index (χ2v) is 9.51. The van der Waals surface area contributed by atoms with Gasteiger partial charge in [0.2, 0.25) is 0 Å². The van der Waals surface area contributed by atoms with E-state index in [0.717, 1.165) is 31.5 Å². The van der Waals surface area contributed by atoms with E-state index in [-0.39, 0.29) is 35.8 Å². The zero-order valence-corrected chi connectivity index (χ0v) is 20.1. The fraction of sp³-hybridized carbons (Fsp3) is 0.480. The predicted octanol–water partition coefficient (Wildman–Crippen LogP) is 1.39. The summed E-state index contributed by atoms with van der Waals surface area (Å²) in [6, 6.07) is 9.96.